The van der Waals surface area contributed by atoms with E-state index < -0.39 is 0 Å². The molecule has 1 aromatic carbocycles. The summed E-state index contributed by atoms with van der Waals surface area (Å²) in [5.41, 5.74) is 2.44. The van der Waals surface area contributed by atoms with E-state index in [0.717, 1.165) is 30.8 Å². The van der Waals surface area contributed by atoms with E-state index in [9.17, 15) is 4.79 Å². The Labute approximate surface area is 178 Å². The highest BCUT2D eigenvalue weighted by Crippen LogP contribution is 2.27. The van der Waals surface area contributed by atoms with Crippen molar-refractivity contribution < 1.29 is 9.53 Å². The molecule has 162 valence electrons. The van der Waals surface area contributed by atoms with Crippen LogP contribution in [0.2, 0.25) is 0 Å². The third-order valence-corrected chi connectivity index (χ3v) is 4.98. The Hall–Kier alpha value is -2.71. The second-order valence-corrected chi connectivity index (χ2v) is 7.72. The van der Waals surface area contributed by atoms with Gasteiger partial charge in [-0.2, -0.15) is 4.98 Å². The maximum Gasteiger partial charge on any atom is 0.263 e. The van der Waals surface area contributed by atoms with Crippen molar-refractivity contribution in [2.75, 3.05) is 69.0 Å². The fraction of sp³-hybridized carbons (Fsp3) is 0.500. The first kappa shape index (κ1) is 22.0. The van der Waals surface area contributed by atoms with Gasteiger partial charge in [-0.1, -0.05) is 12.1 Å². The molecule has 1 aliphatic rings. The number of carbonyl (C=O) groups excluding carboxylic acids is 1. The molecule has 0 atom stereocenters. The number of rotatable bonds is 9. The number of nitrogens with zero attached hydrogens (tertiary/aromatic N) is 5. The largest absolute Gasteiger partial charge is 0.377 e. The van der Waals surface area contributed by atoms with E-state index in [1.54, 1.807) is 11.1 Å². The molecule has 2 heterocycles. The van der Waals surface area contributed by atoms with Crippen LogP contribution in [0, 0.1) is 0 Å². The maximum absolute atomic E-state index is 13.3. The molecule has 8 heteroatoms. The van der Waals surface area contributed by atoms with E-state index in [1.807, 2.05) is 43.1 Å². The van der Waals surface area contributed by atoms with Gasteiger partial charge in [-0.15, -0.1) is 0 Å². The average molecular weight is 413 g/mol. The average Bonchev–Trinajstić information content (AvgIpc) is 2.85. The summed E-state index contributed by atoms with van der Waals surface area (Å²) in [4.78, 5) is 28.1. The molecule has 0 radical (unpaired) electrons. The van der Waals surface area contributed by atoms with Crippen molar-refractivity contribution in [3.05, 3.63) is 41.6 Å². The van der Waals surface area contributed by atoms with E-state index in [2.05, 4.69) is 34.3 Å². The lowest BCUT2D eigenvalue weighted by Crippen LogP contribution is -2.33. The second kappa shape index (κ2) is 10.4. The number of amides is 1. The molecule has 8 nitrogen and oxygen atoms in total. The molecule has 30 heavy (non-hydrogen) atoms. The van der Waals surface area contributed by atoms with Gasteiger partial charge in [0.2, 0.25) is 5.95 Å². The number of hydrogen-bond acceptors (Lipinski definition) is 7. The molecule has 0 aliphatic carbocycles. The fourth-order valence-electron chi connectivity index (χ4n) is 3.39. The first-order valence-electron chi connectivity index (χ1n) is 10.4. The van der Waals surface area contributed by atoms with E-state index in [4.69, 9.17) is 4.74 Å². The normalized spacial score (nSPS) is 14.1. The van der Waals surface area contributed by atoms with Crippen LogP contribution in [0.25, 0.3) is 0 Å². The minimum atomic E-state index is -0.0820. The number of fused-ring (bicyclic) bond motifs is 1. The van der Waals surface area contributed by atoms with Crippen LogP contribution in [0.3, 0.4) is 0 Å². The minimum Gasteiger partial charge on any atom is -0.377 e. The molecule has 2 aromatic rings. The third-order valence-electron chi connectivity index (χ3n) is 4.98. The van der Waals surface area contributed by atoms with E-state index in [0.29, 0.717) is 43.6 Å². The topological polar surface area (TPSA) is 73.8 Å². The van der Waals surface area contributed by atoms with Crippen LogP contribution in [0.5, 0.6) is 0 Å². The molecule has 0 spiro atoms. The van der Waals surface area contributed by atoms with Gasteiger partial charge in [0.05, 0.1) is 6.61 Å². The highest BCUT2D eigenvalue weighted by atomic mass is 16.5. The van der Waals surface area contributed by atoms with Gasteiger partial charge in [-0.25, -0.2) is 4.98 Å². The van der Waals surface area contributed by atoms with Gasteiger partial charge >= 0.3 is 0 Å². The van der Waals surface area contributed by atoms with Crippen LogP contribution in [0.4, 0.5) is 17.5 Å². The summed E-state index contributed by atoms with van der Waals surface area (Å²) in [7, 11) is 6.07. The van der Waals surface area contributed by atoms with Gasteiger partial charge < -0.3 is 24.8 Å². The summed E-state index contributed by atoms with van der Waals surface area (Å²) in [5.74, 6) is 1.12. The van der Waals surface area contributed by atoms with Crippen molar-refractivity contribution in [2.45, 2.75) is 20.0 Å². The summed E-state index contributed by atoms with van der Waals surface area (Å²) in [6.45, 7) is 6.25. The molecule has 1 aliphatic heterocycles. The Bertz CT molecular complexity index is 857. The minimum absolute atomic E-state index is 0.0820. The molecular formula is C22H32N6O2. The molecule has 1 N–H and O–H groups in total. The fourth-order valence-corrected chi connectivity index (χ4v) is 3.39. The number of aromatic nitrogens is 2. The Morgan fingerprint density at radius 3 is 2.87 bits per heavy atom. The van der Waals surface area contributed by atoms with Crippen molar-refractivity contribution in [1.82, 2.24) is 14.9 Å². The van der Waals surface area contributed by atoms with Crippen LogP contribution >= 0.6 is 0 Å². The zero-order valence-electron chi connectivity index (χ0n) is 18.4. The molecular weight excluding hydrogens is 380 g/mol. The maximum atomic E-state index is 13.3. The lowest BCUT2D eigenvalue weighted by Gasteiger charge is -2.21. The van der Waals surface area contributed by atoms with Gasteiger partial charge in [-0.3, -0.25) is 4.79 Å². The number of benzene rings is 1. The molecule has 0 fully saturated rings. The van der Waals surface area contributed by atoms with E-state index >= 15 is 0 Å². The second-order valence-electron chi connectivity index (χ2n) is 7.72. The first-order chi connectivity index (χ1) is 14.5. The molecule has 1 amide bonds. The van der Waals surface area contributed by atoms with Gasteiger partial charge in [0.25, 0.3) is 5.91 Å². The van der Waals surface area contributed by atoms with Crippen LogP contribution in [0.15, 0.2) is 30.5 Å². The Morgan fingerprint density at radius 1 is 1.27 bits per heavy atom. The smallest absolute Gasteiger partial charge is 0.263 e. The third kappa shape index (κ3) is 5.46. The number of carbonyl (C=O) groups is 1. The Morgan fingerprint density at radius 2 is 2.10 bits per heavy atom. The standard InChI is InChI=1S/C22H32N6O2/c1-5-23-22-24-15-19-20(25-22)27(4)11-12-28(21(19)29)18-9-6-8-17(14-18)16-30-13-7-10-26(2)3/h6,8-9,14-15H,5,7,10-13,16H2,1-4H3,(H,23,24,25). The summed E-state index contributed by atoms with van der Waals surface area (Å²) in [6, 6.07) is 8.00. The summed E-state index contributed by atoms with van der Waals surface area (Å²) >= 11 is 0. The van der Waals surface area contributed by atoms with Crippen molar-refractivity contribution in [1.29, 1.82) is 0 Å². The van der Waals surface area contributed by atoms with Gasteiger partial charge in [0.1, 0.15) is 11.4 Å². The number of nitrogens with one attached hydrogen (secondary N) is 1. The van der Waals surface area contributed by atoms with E-state index in [-0.39, 0.29) is 5.91 Å². The van der Waals surface area contributed by atoms with Crippen LogP contribution in [0.1, 0.15) is 29.3 Å². The SMILES string of the molecule is CCNc1ncc2c(n1)N(C)CCN(c1cccc(COCCCN(C)C)c1)C2=O. The van der Waals surface area contributed by atoms with Crippen molar-refractivity contribution >= 4 is 23.4 Å². The zero-order valence-corrected chi connectivity index (χ0v) is 18.4. The quantitative estimate of drug-likeness (QED) is 0.634. The summed E-state index contributed by atoms with van der Waals surface area (Å²) < 4.78 is 5.81. The van der Waals surface area contributed by atoms with E-state index in [1.165, 1.54) is 0 Å². The van der Waals surface area contributed by atoms with Gasteiger partial charge in [0, 0.05) is 45.2 Å². The van der Waals surface area contributed by atoms with Gasteiger partial charge in [0.15, 0.2) is 0 Å². The zero-order chi connectivity index (χ0) is 21.5. The summed E-state index contributed by atoms with van der Waals surface area (Å²) in [5, 5.41) is 3.11. The lowest BCUT2D eigenvalue weighted by molar-refractivity contribution is 0.0989. The predicted octanol–water partition coefficient (Wildman–Crippen LogP) is 2.47. The Kier molecular flexibility index (Phi) is 7.59. The molecule has 0 unspecified atom stereocenters. The van der Waals surface area contributed by atoms with Crippen molar-refractivity contribution in [3.8, 4) is 0 Å². The monoisotopic (exact) mass is 412 g/mol. The number of anilines is 3. The summed E-state index contributed by atoms with van der Waals surface area (Å²) in [6.07, 6.45) is 2.62. The molecule has 0 saturated carbocycles. The van der Waals surface area contributed by atoms with Crippen LogP contribution in [-0.2, 0) is 11.3 Å². The molecule has 0 saturated heterocycles. The Balaban J connectivity index is 1.73. The van der Waals surface area contributed by atoms with Crippen molar-refractivity contribution in [3.63, 3.8) is 0 Å². The van der Waals surface area contributed by atoms with Crippen LogP contribution in [-0.4, -0.2) is 74.7 Å². The molecule has 1 aromatic heterocycles. The molecule has 0 bridgehead atoms. The first-order valence-corrected chi connectivity index (χ1v) is 10.4. The molecule has 3 rings (SSSR count). The highest BCUT2D eigenvalue weighted by Gasteiger charge is 2.28. The number of ether oxygens (including phenoxy) is 1. The number of hydrogen-bond donors (Lipinski definition) is 1. The highest BCUT2D eigenvalue weighted by molar-refractivity contribution is 6.09. The lowest BCUT2D eigenvalue weighted by atomic mass is 10.1. The number of likely N-dealkylation sites (N-methyl/N-ethyl adjacent to an activating group) is 1. The predicted molar refractivity (Wildman–Crippen MR) is 120 cm³/mol. The van der Waals surface area contributed by atoms with Gasteiger partial charge in [-0.05, 0) is 51.7 Å². The van der Waals surface area contributed by atoms with Crippen molar-refractivity contribution in [2.24, 2.45) is 0 Å². The van der Waals surface area contributed by atoms with Crippen LogP contribution < -0.4 is 15.1 Å².